The van der Waals surface area contributed by atoms with Crippen LogP contribution < -0.4 is 5.73 Å². The number of nitrogens with two attached hydrogens (primary N) is 1. The van der Waals surface area contributed by atoms with Gasteiger partial charge < -0.3 is 15.0 Å². The Kier molecular flexibility index (Phi) is 3.06. The van der Waals surface area contributed by atoms with Crippen molar-refractivity contribution in [3.05, 3.63) is 35.9 Å². The lowest BCUT2D eigenvalue weighted by molar-refractivity contribution is 0.251. The highest BCUT2D eigenvalue weighted by atomic mass is 15.1. The van der Waals surface area contributed by atoms with Crippen molar-refractivity contribution in [1.29, 1.82) is 0 Å². The summed E-state index contributed by atoms with van der Waals surface area (Å²) in [6.45, 7) is 2.91. The third-order valence-corrected chi connectivity index (χ3v) is 3.94. The number of pyridine rings is 1. The monoisotopic (exact) mass is 244 g/mol. The van der Waals surface area contributed by atoms with Crippen LogP contribution in [0.25, 0.3) is 5.52 Å². The molecular weight excluding hydrogens is 224 g/mol. The van der Waals surface area contributed by atoms with Crippen molar-refractivity contribution in [3.8, 4) is 0 Å². The maximum Gasteiger partial charge on any atom is 0.116 e. The summed E-state index contributed by atoms with van der Waals surface area (Å²) in [4.78, 5) is 7.01. The highest BCUT2D eigenvalue weighted by Crippen LogP contribution is 2.27. The second-order valence-electron chi connectivity index (χ2n) is 5.23. The Morgan fingerprint density at radius 3 is 2.83 bits per heavy atom. The molecule has 0 aliphatic carbocycles. The number of fused-ring (bicyclic) bond motifs is 1. The molecule has 0 saturated carbocycles. The van der Waals surface area contributed by atoms with Crippen molar-refractivity contribution in [1.82, 2.24) is 14.3 Å². The first-order chi connectivity index (χ1) is 8.78. The topological polar surface area (TPSA) is 46.6 Å². The van der Waals surface area contributed by atoms with E-state index in [0.29, 0.717) is 12.5 Å². The fourth-order valence-electron chi connectivity index (χ4n) is 2.74. The molecule has 0 amide bonds. The Morgan fingerprint density at radius 2 is 2.11 bits per heavy atom. The van der Waals surface area contributed by atoms with Crippen LogP contribution in [-0.2, 0) is 6.54 Å². The molecule has 1 fully saturated rings. The maximum absolute atomic E-state index is 5.72. The van der Waals surface area contributed by atoms with Gasteiger partial charge in [-0.3, -0.25) is 0 Å². The Balaban J connectivity index is 1.96. The summed E-state index contributed by atoms with van der Waals surface area (Å²) in [5.74, 6) is 1.78. The van der Waals surface area contributed by atoms with Crippen molar-refractivity contribution >= 4 is 5.52 Å². The number of rotatable bonds is 2. The molecule has 1 aliphatic heterocycles. The van der Waals surface area contributed by atoms with Crippen LogP contribution in [0, 0.1) is 0 Å². The Labute approximate surface area is 107 Å². The first-order valence-electron chi connectivity index (χ1n) is 6.62. The first-order valence-corrected chi connectivity index (χ1v) is 6.62. The van der Waals surface area contributed by atoms with Crippen LogP contribution in [0.2, 0.25) is 0 Å². The minimum absolute atomic E-state index is 0.580. The highest BCUT2D eigenvalue weighted by Gasteiger charge is 2.21. The second kappa shape index (κ2) is 4.71. The Morgan fingerprint density at radius 1 is 1.33 bits per heavy atom. The molecule has 0 atom stereocenters. The van der Waals surface area contributed by atoms with Gasteiger partial charge in [0.05, 0.1) is 11.7 Å². The minimum atomic E-state index is 0.580. The van der Waals surface area contributed by atoms with Gasteiger partial charge in [0, 0.05) is 18.7 Å². The lowest BCUT2D eigenvalue weighted by Gasteiger charge is -2.28. The van der Waals surface area contributed by atoms with E-state index in [1.165, 1.54) is 24.2 Å². The Bertz CT molecular complexity index is 538. The van der Waals surface area contributed by atoms with Crippen molar-refractivity contribution in [2.24, 2.45) is 5.73 Å². The van der Waals surface area contributed by atoms with Crippen LogP contribution in [0.5, 0.6) is 0 Å². The van der Waals surface area contributed by atoms with Gasteiger partial charge in [-0.2, -0.15) is 0 Å². The lowest BCUT2D eigenvalue weighted by atomic mass is 9.96. The maximum atomic E-state index is 5.72. The van der Waals surface area contributed by atoms with Crippen molar-refractivity contribution in [3.63, 3.8) is 0 Å². The molecule has 0 aromatic carbocycles. The number of aromatic nitrogens is 2. The largest absolute Gasteiger partial charge is 0.326 e. The first kappa shape index (κ1) is 11.7. The average Bonchev–Trinajstić information content (AvgIpc) is 2.82. The predicted octanol–water partition coefficient (Wildman–Crippen LogP) is 1.60. The zero-order chi connectivity index (χ0) is 12.5. The SMILES string of the molecule is CN1CCC(c2ncc3ccc(CN)cn23)CC1. The molecule has 0 radical (unpaired) electrons. The van der Waals surface area contributed by atoms with E-state index in [9.17, 15) is 0 Å². The van der Waals surface area contributed by atoms with Gasteiger partial charge in [-0.1, -0.05) is 6.07 Å². The van der Waals surface area contributed by atoms with E-state index in [1.54, 1.807) is 0 Å². The van der Waals surface area contributed by atoms with E-state index in [2.05, 4.69) is 39.7 Å². The van der Waals surface area contributed by atoms with E-state index in [1.807, 2.05) is 6.20 Å². The molecule has 4 nitrogen and oxygen atoms in total. The van der Waals surface area contributed by atoms with Crippen molar-refractivity contribution < 1.29 is 0 Å². The van der Waals surface area contributed by atoms with Gasteiger partial charge in [0.2, 0.25) is 0 Å². The molecule has 0 bridgehead atoms. The summed E-state index contributed by atoms with van der Waals surface area (Å²) in [6, 6.07) is 4.18. The quantitative estimate of drug-likeness (QED) is 0.873. The fraction of sp³-hybridized carbons (Fsp3) is 0.500. The van der Waals surface area contributed by atoms with Gasteiger partial charge in [0.25, 0.3) is 0 Å². The molecule has 2 aromatic rings. The van der Waals surface area contributed by atoms with Gasteiger partial charge in [-0.05, 0) is 44.6 Å². The summed E-state index contributed by atoms with van der Waals surface area (Å²) in [5, 5.41) is 0. The van der Waals surface area contributed by atoms with E-state index in [0.717, 1.165) is 18.7 Å². The smallest absolute Gasteiger partial charge is 0.116 e. The molecule has 2 N–H and O–H groups in total. The molecule has 1 saturated heterocycles. The summed E-state index contributed by atoms with van der Waals surface area (Å²) in [5.41, 5.74) is 8.05. The van der Waals surface area contributed by atoms with Crippen molar-refractivity contribution in [2.45, 2.75) is 25.3 Å². The number of likely N-dealkylation sites (tertiary alicyclic amines) is 1. The molecule has 3 heterocycles. The van der Waals surface area contributed by atoms with Gasteiger partial charge in [0.15, 0.2) is 0 Å². The van der Waals surface area contributed by atoms with Crippen LogP contribution >= 0.6 is 0 Å². The summed E-state index contributed by atoms with van der Waals surface area (Å²) in [6.07, 6.45) is 6.49. The minimum Gasteiger partial charge on any atom is -0.326 e. The number of nitrogens with zero attached hydrogens (tertiary/aromatic N) is 3. The number of hydrogen-bond acceptors (Lipinski definition) is 3. The molecule has 96 valence electrons. The molecule has 0 spiro atoms. The molecule has 3 rings (SSSR count). The zero-order valence-corrected chi connectivity index (χ0v) is 10.8. The van der Waals surface area contributed by atoms with E-state index >= 15 is 0 Å². The van der Waals surface area contributed by atoms with E-state index in [-0.39, 0.29) is 0 Å². The molecule has 2 aromatic heterocycles. The van der Waals surface area contributed by atoms with Crippen LogP contribution in [0.1, 0.15) is 30.1 Å². The molecule has 18 heavy (non-hydrogen) atoms. The second-order valence-corrected chi connectivity index (χ2v) is 5.23. The third kappa shape index (κ3) is 2.02. The van der Waals surface area contributed by atoms with Crippen LogP contribution in [0.15, 0.2) is 24.5 Å². The lowest BCUT2D eigenvalue weighted by Crippen LogP contribution is -2.29. The van der Waals surface area contributed by atoms with Crippen LogP contribution in [-0.4, -0.2) is 34.4 Å². The van der Waals surface area contributed by atoms with Crippen molar-refractivity contribution in [2.75, 3.05) is 20.1 Å². The van der Waals surface area contributed by atoms with E-state index in [4.69, 9.17) is 5.73 Å². The number of piperidine rings is 1. The summed E-state index contributed by atoms with van der Waals surface area (Å²) >= 11 is 0. The van der Waals surface area contributed by atoms with E-state index < -0.39 is 0 Å². The van der Waals surface area contributed by atoms with Gasteiger partial charge in [-0.25, -0.2) is 4.98 Å². The van der Waals surface area contributed by atoms with Gasteiger partial charge in [0.1, 0.15) is 5.82 Å². The predicted molar refractivity (Wildman–Crippen MR) is 72.6 cm³/mol. The molecular formula is C14H20N4. The average molecular weight is 244 g/mol. The third-order valence-electron chi connectivity index (χ3n) is 3.94. The summed E-state index contributed by atoms with van der Waals surface area (Å²) in [7, 11) is 2.19. The van der Waals surface area contributed by atoms with Crippen LogP contribution in [0.4, 0.5) is 0 Å². The Hall–Kier alpha value is -1.39. The fourth-order valence-corrected chi connectivity index (χ4v) is 2.74. The zero-order valence-electron chi connectivity index (χ0n) is 10.8. The number of hydrogen-bond donors (Lipinski definition) is 1. The summed E-state index contributed by atoms with van der Waals surface area (Å²) < 4.78 is 2.22. The van der Waals surface area contributed by atoms with Gasteiger partial charge in [-0.15, -0.1) is 0 Å². The molecule has 0 unspecified atom stereocenters. The highest BCUT2D eigenvalue weighted by molar-refractivity contribution is 5.47. The molecule has 1 aliphatic rings. The normalized spacial score (nSPS) is 18.6. The number of imidazole rings is 1. The standard InChI is InChI=1S/C14H20N4/c1-17-6-4-12(5-7-17)14-16-9-13-3-2-11(8-15)10-18(13)14/h2-3,9-10,12H,4-8,15H2,1H3. The van der Waals surface area contributed by atoms with Gasteiger partial charge >= 0.3 is 0 Å². The van der Waals surface area contributed by atoms with Crippen LogP contribution in [0.3, 0.4) is 0 Å². The molecule has 4 heteroatoms.